The number of hydrogen-bond donors (Lipinski definition) is 1. The fourth-order valence-corrected chi connectivity index (χ4v) is 5.41. The zero-order valence-electron chi connectivity index (χ0n) is 21.5. The van der Waals surface area contributed by atoms with Crippen LogP contribution < -0.4 is 9.62 Å². The number of nitrogens with zero attached hydrogens (tertiary/aromatic N) is 2. The fraction of sp³-hybridized carbons (Fsp3) is 0.481. The first-order valence-corrected chi connectivity index (χ1v) is 14.2. The van der Waals surface area contributed by atoms with E-state index >= 15 is 0 Å². The third-order valence-electron chi connectivity index (χ3n) is 6.81. The first-order chi connectivity index (χ1) is 17.0. The molecule has 2 aromatic carbocycles. The lowest BCUT2D eigenvalue weighted by atomic mass is 10.1. The molecule has 7 nitrogen and oxygen atoms in total. The normalized spacial score (nSPS) is 14.9. The van der Waals surface area contributed by atoms with Crippen molar-refractivity contribution in [2.75, 3.05) is 17.1 Å². The monoisotopic (exact) mass is 517 g/mol. The number of amides is 2. The van der Waals surface area contributed by atoms with Crippen LogP contribution in [0.25, 0.3) is 0 Å². The lowest BCUT2D eigenvalue weighted by Gasteiger charge is -2.33. The van der Waals surface area contributed by atoms with Crippen molar-refractivity contribution in [3.63, 3.8) is 0 Å². The maximum atomic E-state index is 13.7. The van der Waals surface area contributed by atoms with Gasteiger partial charge in [0.15, 0.2) is 0 Å². The standard InChI is InChI=1S/C27H36FN3O4S/c1-5-25(27(33)29-23-8-6-7-9-23)30(17-21-11-13-22(28)14-12-21)26(32)18-31(36(4,34)35)24-15-10-19(2)20(3)16-24/h10-16,23,25H,5-9,17-18H2,1-4H3,(H,29,33)/t25-/m1/s1. The number of carbonyl (C=O) groups is 2. The molecular formula is C27H36FN3O4S. The largest absolute Gasteiger partial charge is 0.352 e. The van der Waals surface area contributed by atoms with E-state index in [-0.39, 0.29) is 18.5 Å². The molecule has 1 saturated carbocycles. The maximum Gasteiger partial charge on any atom is 0.244 e. The second kappa shape index (κ2) is 11.9. The van der Waals surface area contributed by atoms with Crippen molar-refractivity contribution in [1.82, 2.24) is 10.2 Å². The third kappa shape index (κ3) is 7.06. The van der Waals surface area contributed by atoms with Gasteiger partial charge < -0.3 is 10.2 Å². The molecule has 2 aromatic rings. The first kappa shape index (κ1) is 27.6. The van der Waals surface area contributed by atoms with Gasteiger partial charge in [-0.25, -0.2) is 12.8 Å². The van der Waals surface area contributed by atoms with Crippen molar-refractivity contribution in [3.05, 3.63) is 65.0 Å². The van der Waals surface area contributed by atoms with Gasteiger partial charge in [0, 0.05) is 12.6 Å². The molecule has 0 aromatic heterocycles. The molecule has 1 fully saturated rings. The van der Waals surface area contributed by atoms with Gasteiger partial charge in [-0.05, 0) is 74.1 Å². The summed E-state index contributed by atoms with van der Waals surface area (Å²) in [6.45, 7) is 5.23. The van der Waals surface area contributed by atoms with E-state index in [2.05, 4.69) is 5.32 Å². The summed E-state index contributed by atoms with van der Waals surface area (Å²) >= 11 is 0. The maximum absolute atomic E-state index is 13.7. The Morgan fingerprint density at radius 2 is 1.69 bits per heavy atom. The predicted molar refractivity (Wildman–Crippen MR) is 140 cm³/mol. The Morgan fingerprint density at radius 1 is 1.06 bits per heavy atom. The molecule has 1 aliphatic carbocycles. The number of aryl methyl sites for hydroxylation is 2. The lowest BCUT2D eigenvalue weighted by molar-refractivity contribution is -0.140. The number of nitrogens with one attached hydrogen (secondary N) is 1. The molecule has 1 aliphatic rings. The van der Waals surface area contributed by atoms with Crippen LogP contribution in [-0.4, -0.2) is 50.0 Å². The minimum atomic E-state index is -3.79. The molecule has 36 heavy (non-hydrogen) atoms. The van der Waals surface area contributed by atoms with Crippen LogP contribution in [0.15, 0.2) is 42.5 Å². The van der Waals surface area contributed by atoms with Crippen molar-refractivity contribution in [3.8, 4) is 0 Å². The van der Waals surface area contributed by atoms with Crippen LogP contribution in [0.4, 0.5) is 10.1 Å². The molecule has 0 heterocycles. The summed E-state index contributed by atoms with van der Waals surface area (Å²) in [5, 5.41) is 3.06. The summed E-state index contributed by atoms with van der Waals surface area (Å²) in [6, 6.07) is 10.2. The summed E-state index contributed by atoms with van der Waals surface area (Å²) in [4.78, 5) is 28.4. The molecule has 3 rings (SSSR count). The number of halogens is 1. The number of benzene rings is 2. The summed E-state index contributed by atoms with van der Waals surface area (Å²) in [6.07, 6.45) is 5.34. The molecule has 9 heteroatoms. The average Bonchev–Trinajstić information content (AvgIpc) is 3.32. The lowest BCUT2D eigenvalue weighted by Crippen LogP contribution is -2.53. The fourth-order valence-electron chi connectivity index (χ4n) is 4.57. The van der Waals surface area contributed by atoms with Crippen LogP contribution >= 0.6 is 0 Å². The van der Waals surface area contributed by atoms with Gasteiger partial charge in [0.25, 0.3) is 0 Å². The molecule has 1 atom stereocenters. The second-order valence-corrected chi connectivity index (χ2v) is 11.5. The molecule has 2 amide bonds. The van der Waals surface area contributed by atoms with E-state index < -0.39 is 34.3 Å². The van der Waals surface area contributed by atoms with Gasteiger partial charge in [-0.2, -0.15) is 0 Å². The van der Waals surface area contributed by atoms with Gasteiger partial charge in [0.05, 0.1) is 11.9 Å². The molecular weight excluding hydrogens is 481 g/mol. The van der Waals surface area contributed by atoms with Crippen LogP contribution in [0.1, 0.15) is 55.7 Å². The van der Waals surface area contributed by atoms with E-state index in [9.17, 15) is 22.4 Å². The van der Waals surface area contributed by atoms with E-state index in [1.807, 2.05) is 26.8 Å². The van der Waals surface area contributed by atoms with E-state index in [1.165, 1.54) is 17.0 Å². The smallest absolute Gasteiger partial charge is 0.244 e. The highest BCUT2D eigenvalue weighted by molar-refractivity contribution is 7.92. The van der Waals surface area contributed by atoms with Crippen molar-refractivity contribution < 1.29 is 22.4 Å². The number of anilines is 1. The van der Waals surface area contributed by atoms with E-state index in [0.29, 0.717) is 17.7 Å². The quantitative estimate of drug-likeness (QED) is 0.515. The Bertz CT molecular complexity index is 1180. The molecule has 0 saturated heterocycles. The topological polar surface area (TPSA) is 86.8 Å². The van der Waals surface area contributed by atoms with Gasteiger partial charge in [0.2, 0.25) is 21.8 Å². The Kier molecular flexibility index (Phi) is 9.11. The predicted octanol–water partition coefficient (Wildman–Crippen LogP) is 4.07. The first-order valence-electron chi connectivity index (χ1n) is 12.4. The highest BCUT2D eigenvalue weighted by Crippen LogP contribution is 2.23. The second-order valence-electron chi connectivity index (χ2n) is 9.60. The number of sulfonamides is 1. The number of rotatable bonds is 10. The number of hydrogen-bond acceptors (Lipinski definition) is 4. The summed E-state index contributed by atoms with van der Waals surface area (Å²) in [7, 11) is -3.79. The van der Waals surface area contributed by atoms with Crippen LogP contribution in [0.2, 0.25) is 0 Å². The number of carbonyl (C=O) groups excluding carboxylic acids is 2. The summed E-state index contributed by atoms with van der Waals surface area (Å²) in [5.74, 6) is -1.16. The van der Waals surface area contributed by atoms with Crippen LogP contribution in [0, 0.1) is 19.7 Å². The van der Waals surface area contributed by atoms with E-state index in [0.717, 1.165) is 47.4 Å². The van der Waals surface area contributed by atoms with Crippen molar-refractivity contribution in [2.45, 2.75) is 71.5 Å². The zero-order valence-corrected chi connectivity index (χ0v) is 22.3. The van der Waals surface area contributed by atoms with Gasteiger partial charge in [0.1, 0.15) is 18.4 Å². The van der Waals surface area contributed by atoms with Crippen molar-refractivity contribution >= 4 is 27.5 Å². The Hall–Kier alpha value is -2.94. The van der Waals surface area contributed by atoms with E-state index in [1.54, 1.807) is 24.3 Å². The third-order valence-corrected chi connectivity index (χ3v) is 7.95. The Balaban J connectivity index is 1.92. The van der Waals surface area contributed by atoms with Gasteiger partial charge in [-0.15, -0.1) is 0 Å². The Morgan fingerprint density at radius 3 is 2.25 bits per heavy atom. The minimum absolute atomic E-state index is 0.0558. The molecule has 196 valence electrons. The SMILES string of the molecule is CC[C@H](C(=O)NC1CCCC1)N(Cc1ccc(F)cc1)C(=O)CN(c1ccc(C)c(C)c1)S(C)(=O)=O. The molecule has 0 bridgehead atoms. The highest BCUT2D eigenvalue weighted by atomic mass is 32.2. The summed E-state index contributed by atoms with van der Waals surface area (Å²) < 4.78 is 40.0. The Labute approximate surface area is 213 Å². The van der Waals surface area contributed by atoms with Crippen molar-refractivity contribution in [1.29, 1.82) is 0 Å². The molecule has 1 N–H and O–H groups in total. The average molecular weight is 518 g/mol. The van der Waals surface area contributed by atoms with Crippen molar-refractivity contribution in [2.24, 2.45) is 0 Å². The van der Waals surface area contributed by atoms with Crippen LogP contribution in [0.5, 0.6) is 0 Å². The molecule has 0 unspecified atom stereocenters. The van der Waals surface area contributed by atoms with Crippen LogP contribution in [-0.2, 0) is 26.2 Å². The zero-order chi connectivity index (χ0) is 26.5. The molecule has 0 spiro atoms. The highest BCUT2D eigenvalue weighted by Gasteiger charge is 2.33. The van der Waals surface area contributed by atoms with Gasteiger partial charge >= 0.3 is 0 Å². The van der Waals surface area contributed by atoms with E-state index in [4.69, 9.17) is 0 Å². The summed E-state index contributed by atoms with van der Waals surface area (Å²) in [5.41, 5.74) is 2.94. The minimum Gasteiger partial charge on any atom is -0.352 e. The van der Waals surface area contributed by atoms with Gasteiger partial charge in [-0.3, -0.25) is 13.9 Å². The molecule has 0 aliphatic heterocycles. The molecule has 0 radical (unpaired) electrons. The van der Waals surface area contributed by atoms with Crippen LogP contribution in [0.3, 0.4) is 0 Å². The van der Waals surface area contributed by atoms with Gasteiger partial charge in [-0.1, -0.05) is 38.0 Å².